The SMILES string of the molecule is C=C(OCC(C)C)/C(C)=C\C(N)=C(C)C. The third-order valence-corrected chi connectivity index (χ3v) is 1.98. The molecule has 0 aromatic rings. The number of ether oxygens (including phenoxy) is 1. The van der Waals surface area contributed by atoms with E-state index in [9.17, 15) is 0 Å². The lowest BCUT2D eigenvalue weighted by Crippen LogP contribution is -2.03. The monoisotopic (exact) mass is 209 g/mol. The fourth-order valence-electron chi connectivity index (χ4n) is 0.839. The van der Waals surface area contributed by atoms with Gasteiger partial charge in [0, 0.05) is 5.70 Å². The zero-order valence-corrected chi connectivity index (χ0v) is 10.6. The van der Waals surface area contributed by atoms with Crippen LogP contribution in [0.4, 0.5) is 0 Å². The summed E-state index contributed by atoms with van der Waals surface area (Å²) in [6.45, 7) is 14.7. The third-order valence-electron chi connectivity index (χ3n) is 1.98. The van der Waals surface area contributed by atoms with E-state index in [0.717, 1.165) is 16.8 Å². The van der Waals surface area contributed by atoms with Crippen molar-refractivity contribution in [1.82, 2.24) is 0 Å². The first kappa shape index (κ1) is 13.8. The minimum Gasteiger partial charge on any atom is -0.494 e. The van der Waals surface area contributed by atoms with Crippen LogP contribution in [-0.4, -0.2) is 6.61 Å². The highest BCUT2D eigenvalue weighted by molar-refractivity contribution is 5.31. The summed E-state index contributed by atoms with van der Waals surface area (Å²) in [5.41, 5.74) is 8.68. The van der Waals surface area contributed by atoms with Gasteiger partial charge in [-0.3, -0.25) is 0 Å². The van der Waals surface area contributed by atoms with Gasteiger partial charge in [0.25, 0.3) is 0 Å². The molecule has 0 saturated heterocycles. The van der Waals surface area contributed by atoms with Crippen LogP contribution < -0.4 is 5.73 Å². The van der Waals surface area contributed by atoms with Crippen molar-refractivity contribution in [1.29, 1.82) is 0 Å². The average Bonchev–Trinajstić information content (AvgIpc) is 2.13. The van der Waals surface area contributed by atoms with Crippen molar-refractivity contribution >= 4 is 0 Å². The average molecular weight is 209 g/mol. The van der Waals surface area contributed by atoms with Crippen molar-refractivity contribution in [3.8, 4) is 0 Å². The molecule has 0 aliphatic rings. The first-order valence-electron chi connectivity index (χ1n) is 5.28. The molecule has 86 valence electrons. The quantitative estimate of drug-likeness (QED) is 0.556. The Hall–Kier alpha value is -1.18. The van der Waals surface area contributed by atoms with Gasteiger partial charge >= 0.3 is 0 Å². The van der Waals surface area contributed by atoms with Crippen LogP contribution in [0.15, 0.2) is 35.3 Å². The summed E-state index contributed by atoms with van der Waals surface area (Å²) in [7, 11) is 0. The van der Waals surface area contributed by atoms with E-state index < -0.39 is 0 Å². The standard InChI is InChI=1S/C13H23NO/c1-9(2)8-15-12(6)11(5)7-13(14)10(3)4/h7,9H,6,8,14H2,1-5H3/b11-7-. The van der Waals surface area contributed by atoms with E-state index in [4.69, 9.17) is 10.5 Å². The number of allylic oxidation sites excluding steroid dienone is 3. The summed E-state index contributed by atoms with van der Waals surface area (Å²) in [5.74, 6) is 1.21. The summed E-state index contributed by atoms with van der Waals surface area (Å²) in [6.07, 6.45) is 1.90. The molecule has 0 bridgehead atoms. The topological polar surface area (TPSA) is 35.2 Å². The van der Waals surface area contributed by atoms with Crippen LogP contribution in [0.3, 0.4) is 0 Å². The van der Waals surface area contributed by atoms with E-state index in [-0.39, 0.29) is 0 Å². The van der Waals surface area contributed by atoms with Gasteiger partial charge in [0.2, 0.25) is 0 Å². The first-order chi connectivity index (χ1) is 6.84. The molecule has 0 amide bonds. The fraction of sp³-hybridized carbons (Fsp3) is 0.538. The number of hydrogen-bond acceptors (Lipinski definition) is 2. The Kier molecular flexibility index (Phi) is 5.83. The van der Waals surface area contributed by atoms with Crippen molar-refractivity contribution < 1.29 is 4.74 Å². The van der Waals surface area contributed by atoms with Gasteiger partial charge in [0.05, 0.1) is 6.61 Å². The number of rotatable bonds is 5. The molecular weight excluding hydrogens is 186 g/mol. The van der Waals surface area contributed by atoms with Gasteiger partial charge in [-0.2, -0.15) is 0 Å². The minimum atomic E-state index is 0.510. The molecule has 0 saturated carbocycles. The van der Waals surface area contributed by atoms with Crippen molar-refractivity contribution in [3.05, 3.63) is 35.3 Å². The Morgan fingerprint density at radius 1 is 1.33 bits per heavy atom. The lowest BCUT2D eigenvalue weighted by Gasteiger charge is -2.11. The molecule has 0 rings (SSSR count). The molecule has 0 aliphatic carbocycles. The second-order valence-electron chi connectivity index (χ2n) is 4.41. The lowest BCUT2D eigenvalue weighted by atomic mass is 10.1. The largest absolute Gasteiger partial charge is 0.494 e. The van der Waals surface area contributed by atoms with Gasteiger partial charge in [-0.05, 0) is 38.3 Å². The van der Waals surface area contributed by atoms with Gasteiger partial charge in [0.1, 0.15) is 5.76 Å². The molecule has 0 fully saturated rings. The third kappa shape index (κ3) is 6.00. The maximum absolute atomic E-state index is 5.82. The molecule has 0 aromatic carbocycles. The molecule has 0 radical (unpaired) electrons. The second kappa shape index (κ2) is 6.33. The van der Waals surface area contributed by atoms with E-state index in [2.05, 4.69) is 20.4 Å². The van der Waals surface area contributed by atoms with Crippen molar-refractivity contribution in [3.63, 3.8) is 0 Å². The van der Waals surface area contributed by atoms with E-state index in [0.29, 0.717) is 18.3 Å². The summed E-state index contributed by atoms with van der Waals surface area (Å²) < 4.78 is 5.50. The van der Waals surface area contributed by atoms with E-state index in [1.54, 1.807) is 0 Å². The molecule has 15 heavy (non-hydrogen) atoms. The summed E-state index contributed by atoms with van der Waals surface area (Å²) in [6, 6.07) is 0. The van der Waals surface area contributed by atoms with Crippen LogP contribution >= 0.6 is 0 Å². The fourth-order valence-corrected chi connectivity index (χ4v) is 0.839. The zero-order valence-electron chi connectivity index (χ0n) is 10.6. The van der Waals surface area contributed by atoms with Crippen LogP contribution in [-0.2, 0) is 4.74 Å². The predicted molar refractivity (Wildman–Crippen MR) is 66.2 cm³/mol. The van der Waals surface area contributed by atoms with Crippen LogP contribution in [0.5, 0.6) is 0 Å². The van der Waals surface area contributed by atoms with Gasteiger partial charge in [-0.1, -0.05) is 26.0 Å². The molecule has 0 aliphatic heterocycles. The zero-order chi connectivity index (χ0) is 12.0. The first-order valence-corrected chi connectivity index (χ1v) is 5.28. The second-order valence-corrected chi connectivity index (χ2v) is 4.41. The Morgan fingerprint density at radius 3 is 2.27 bits per heavy atom. The van der Waals surface area contributed by atoms with Crippen LogP contribution in [0.1, 0.15) is 34.6 Å². The van der Waals surface area contributed by atoms with Crippen LogP contribution in [0.2, 0.25) is 0 Å². The Labute approximate surface area is 93.5 Å². The maximum Gasteiger partial charge on any atom is 0.115 e. The molecular formula is C13H23NO. The highest BCUT2D eigenvalue weighted by Gasteiger charge is 2.01. The highest BCUT2D eigenvalue weighted by Crippen LogP contribution is 2.12. The molecule has 2 N–H and O–H groups in total. The van der Waals surface area contributed by atoms with Crippen LogP contribution in [0, 0.1) is 5.92 Å². The molecule has 0 atom stereocenters. The molecule has 2 nitrogen and oxygen atoms in total. The minimum absolute atomic E-state index is 0.510. The van der Waals surface area contributed by atoms with E-state index in [1.807, 2.05) is 26.8 Å². The van der Waals surface area contributed by atoms with Gasteiger partial charge in [-0.25, -0.2) is 0 Å². The summed E-state index contributed by atoms with van der Waals surface area (Å²) >= 11 is 0. The number of nitrogens with two attached hydrogens (primary N) is 1. The molecule has 0 spiro atoms. The van der Waals surface area contributed by atoms with E-state index >= 15 is 0 Å². The summed E-state index contributed by atoms with van der Waals surface area (Å²) in [5, 5.41) is 0. The van der Waals surface area contributed by atoms with Gasteiger partial charge < -0.3 is 10.5 Å². The Balaban J connectivity index is 4.39. The highest BCUT2D eigenvalue weighted by atomic mass is 16.5. The van der Waals surface area contributed by atoms with Gasteiger partial charge in [0.15, 0.2) is 0 Å². The Morgan fingerprint density at radius 2 is 1.87 bits per heavy atom. The molecule has 0 unspecified atom stereocenters. The maximum atomic E-state index is 5.82. The van der Waals surface area contributed by atoms with Crippen molar-refractivity contribution in [2.24, 2.45) is 11.7 Å². The van der Waals surface area contributed by atoms with E-state index in [1.165, 1.54) is 0 Å². The van der Waals surface area contributed by atoms with Crippen molar-refractivity contribution in [2.45, 2.75) is 34.6 Å². The Bertz CT molecular complexity index is 281. The lowest BCUT2D eigenvalue weighted by molar-refractivity contribution is 0.187. The molecule has 0 heterocycles. The normalized spacial score (nSPS) is 11.5. The molecule has 0 aromatic heterocycles. The molecule has 2 heteroatoms. The van der Waals surface area contributed by atoms with Crippen molar-refractivity contribution in [2.75, 3.05) is 6.61 Å². The predicted octanol–water partition coefficient (Wildman–Crippen LogP) is 3.37. The van der Waals surface area contributed by atoms with Gasteiger partial charge in [-0.15, -0.1) is 0 Å². The van der Waals surface area contributed by atoms with Crippen LogP contribution in [0.25, 0.3) is 0 Å². The smallest absolute Gasteiger partial charge is 0.115 e. The summed E-state index contributed by atoms with van der Waals surface area (Å²) in [4.78, 5) is 0. The number of hydrogen-bond donors (Lipinski definition) is 1.